The molecule has 0 N–H and O–H groups in total. The maximum absolute atomic E-state index is 12.2. The molecule has 0 aliphatic carbocycles. The minimum Gasteiger partial charge on any atom is -0.488 e. The van der Waals surface area contributed by atoms with E-state index in [1.165, 1.54) is 0 Å². The summed E-state index contributed by atoms with van der Waals surface area (Å²) in [4.78, 5) is 12.2. The Kier molecular flexibility index (Phi) is 4.66. The van der Waals surface area contributed by atoms with E-state index < -0.39 is 0 Å². The van der Waals surface area contributed by atoms with Gasteiger partial charge in [-0.2, -0.15) is 0 Å². The molecular weight excluding hydrogens is 391 g/mol. The van der Waals surface area contributed by atoms with Gasteiger partial charge in [0, 0.05) is 16.4 Å². The van der Waals surface area contributed by atoms with Crippen LogP contribution in [0.3, 0.4) is 0 Å². The van der Waals surface area contributed by atoms with Gasteiger partial charge in [-0.3, -0.25) is 4.79 Å². The number of rotatable bonds is 4. The summed E-state index contributed by atoms with van der Waals surface area (Å²) in [7, 11) is 0. The number of ketones is 1. The highest BCUT2D eigenvalue weighted by Gasteiger charge is 2.28. The van der Waals surface area contributed by atoms with Crippen molar-refractivity contribution in [3.05, 3.63) is 59.2 Å². The molecule has 0 saturated heterocycles. The summed E-state index contributed by atoms with van der Waals surface area (Å²) in [6.07, 6.45) is 0.420. The number of ether oxygens (including phenoxy) is 2. The SMILES string of the molecule is Cc1c(OCc2ccccc2)ccc2c1OC(CI)CC2=O. The molecule has 1 atom stereocenters. The Labute approximate surface area is 143 Å². The van der Waals surface area contributed by atoms with Gasteiger partial charge in [-0.25, -0.2) is 0 Å². The van der Waals surface area contributed by atoms with Gasteiger partial charge in [0.25, 0.3) is 0 Å². The first-order valence-electron chi connectivity index (χ1n) is 7.25. The Morgan fingerprint density at radius 2 is 2.00 bits per heavy atom. The minimum absolute atomic E-state index is 0.0383. The van der Waals surface area contributed by atoms with Gasteiger partial charge in [0.05, 0.1) is 5.56 Å². The molecule has 0 spiro atoms. The van der Waals surface area contributed by atoms with Crippen molar-refractivity contribution >= 4 is 28.4 Å². The van der Waals surface area contributed by atoms with Crippen molar-refractivity contribution in [1.29, 1.82) is 0 Å². The van der Waals surface area contributed by atoms with E-state index >= 15 is 0 Å². The number of benzene rings is 2. The number of carbonyl (C=O) groups is 1. The van der Waals surface area contributed by atoms with E-state index in [1.54, 1.807) is 0 Å². The molecule has 0 bridgehead atoms. The molecule has 0 amide bonds. The summed E-state index contributed by atoms with van der Waals surface area (Å²) in [5, 5.41) is 0. The highest BCUT2D eigenvalue weighted by atomic mass is 127. The van der Waals surface area contributed by atoms with Crippen molar-refractivity contribution in [2.24, 2.45) is 0 Å². The smallest absolute Gasteiger partial charge is 0.170 e. The lowest BCUT2D eigenvalue weighted by Crippen LogP contribution is -2.28. The third kappa shape index (κ3) is 3.11. The Morgan fingerprint density at radius 1 is 1.23 bits per heavy atom. The number of carbonyl (C=O) groups excluding carboxylic acids is 1. The third-order valence-electron chi connectivity index (χ3n) is 3.76. The molecule has 114 valence electrons. The van der Waals surface area contributed by atoms with Crippen molar-refractivity contribution in [3.8, 4) is 11.5 Å². The van der Waals surface area contributed by atoms with Gasteiger partial charge in [-0.1, -0.05) is 52.9 Å². The summed E-state index contributed by atoms with van der Waals surface area (Å²) in [6, 6.07) is 13.7. The zero-order valence-electron chi connectivity index (χ0n) is 12.3. The van der Waals surface area contributed by atoms with E-state index in [0.717, 1.165) is 21.3 Å². The summed E-state index contributed by atoms with van der Waals surface area (Å²) in [6.45, 7) is 2.45. The standard InChI is InChI=1S/C18H17IO3/c1-12-17(21-11-13-5-3-2-4-6-13)8-7-15-16(20)9-14(10-19)22-18(12)15/h2-8,14H,9-11H2,1H3. The predicted octanol–water partition coefficient (Wildman–Crippen LogP) is 4.34. The van der Waals surface area contributed by atoms with Crippen molar-refractivity contribution in [3.63, 3.8) is 0 Å². The molecule has 4 heteroatoms. The Morgan fingerprint density at radius 3 is 2.73 bits per heavy atom. The van der Waals surface area contributed by atoms with Gasteiger partial charge < -0.3 is 9.47 Å². The van der Waals surface area contributed by atoms with E-state index in [1.807, 2.05) is 49.4 Å². The lowest BCUT2D eigenvalue weighted by molar-refractivity contribution is 0.0875. The summed E-state index contributed by atoms with van der Waals surface area (Å²) < 4.78 is 12.7. The molecule has 0 aromatic heterocycles. The number of alkyl halides is 1. The normalized spacial score (nSPS) is 16.8. The number of hydrogen-bond donors (Lipinski definition) is 0. The number of Topliss-reactive ketones (excluding diaryl/α,β-unsaturated/α-hetero) is 1. The van der Waals surface area contributed by atoms with Crippen LogP contribution in [0.25, 0.3) is 0 Å². The first-order valence-corrected chi connectivity index (χ1v) is 8.77. The minimum atomic E-state index is -0.0383. The van der Waals surface area contributed by atoms with Crippen molar-refractivity contribution in [1.82, 2.24) is 0 Å². The average molecular weight is 408 g/mol. The third-order valence-corrected chi connectivity index (χ3v) is 4.75. The molecular formula is C18H17IO3. The fourth-order valence-electron chi connectivity index (χ4n) is 2.55. The van der Waals surface area contributed by atoms with Crippen LogP contribution in [0.2, 0.25) is 0 Å². The fraction of sp³-hybridized carbons (Fsp3) is 0.278. The van der Waals surface area contributed by atoms with E-state index in [9.17, 15) is 4.79 Å². The second-order valence-electron chi connectivity index (χ2n) is 5.36. The van der Waals surface area contributed by atoms with Crippen LogP contribution in [0, 0.1) is 6.92 Å². The molecule has 1 aliphatic rings. The quantitative estimate of drug-likeness (QED) is 0.558. The molecule has 3 rings (SSSR count). The Bertz CT molecular complexity index is 682. The van der Waals surface area contributed by atoms with Gasteiger partial charge in [0.15, 0.2) is 5.78 Å². The lowest BCUT2D eigenvalue weighted by Gasteiger charge is -2.26. The number of halogens is 1. The van der Waals surface area contributed by atoms with Gasteiger partial charge in [0.2, 0.25) is 0 Å². The molecule has 0 saturated carbocycles. The predicted molar refractivity (Wildman–Crippen MR) is 94.2 cm³/mol. The molecule has 2 aromatic rings. The molecule has 1 heterocycles. The zero-order chi connectivity index (χ0) is 15.5. The summed E-state index contributed by atoms with van der Waals surface area (Å²) in [5.41, 5.74) is 2.68. The first-order chi connectivity index (χ1) is 10.7. The Balaban J connectivity index is 1.84. The summed E-state index contributed by atoms with van der Waals surface area (Å²) >= 11 is 2.25. The summed E-state index contributed by atoms with van der Waals surface area (Å²) in [5.74, 6) is 1.61. The molecule has 1 unspecified atom stereocenters. The molecule has 3 nitrogen and oxygen atoms in total. The molecule has 22 heavy (non-hydrogen) atoms. The second-order valence-corrected chi connectivity index (χ2v) is 6.24. The highest BCUT2D eigenvalue weighted by molar-refractivity contribution is 14.1. The molecule has 2 aromatic carbocycles. The Hall–Kier alpha value is -1.56. The van der Waals surface area contributed by atoms with Crippen LogP contribution in [0.4, 0.5) is 0 Å². The maximum Gasteiger partial charge on any atom is 0.170 e. The van der Waals surface area contributed by atoms with Crippen LogP contribution in [-0.4, -0.2) is 16.3 Å². The van der Waals surface area contributed by atoms with Crippen LogP contribution in [0.5, 0.6) is 11.5 Å². The van der Waals surface area contributed by atoms with E-state index in [2.05, 4.69) is 22.6 Å². The second kappa shape index (κ2) is 6.69. The molecule has 1 aliphatic heterocycles. The monoisotopic (exact) mass is 408 g/mol. The topological polar surface area (TPSA) is 35.5 Å². The number of hydrogen-bond acceptors (Lipinski definition) is 3. The lowest BCUT2D eigenvalue weighted by atomic mass is 9.98. The van der Waals surface area contributed by atoms with E-state index in [4.69, 9.17) is 9.47 Å². The van der Waals surface area contributed by atoms with Crippen molar-refractivity contribution in [2.75, 3.05) is 4.43 Å². The first kappa shape index (κ1) is 15.3. The van der Waals surface area contributed by atoms with Gasteiger partial charge in [0.1, 0.15) is 24.2 Å². The van der Waals surface area contributed by atoms with Crippen LogP contribution in [-0.2, 0) is 6.61 Å². The highest BCUT2D eigenvalue weighted by Crippen LogP contribution is 2.37. The molecule has 0 fully saturated rings. The largest absolute Gasteiger partial charge is 0.488 e. The maximum atomic E-state index is 12.2. The van der Waals surface area contributed by atoms with Gasteiger partial charge in [-0.15, -0.1) is 0 Å². The van der Waals surface area contributed by atoms with Crippen LogP contribution in [0.1, 0.15) is 27.9 Å². The van der Waals surface area contributed by atoms with Crippen LogP contribution in [0.15, 0.2) is 42.5 Å². The van der Waals surface area contributed by atoms with Gasteiger partial charge >= 0.3 is 0 Å². The average Bonchev–Trinajstić information content (AvgIpc) is 2.55. The van der Waals surface area contributed by atoms with Crippen molar-refractivity contribution < 1.29 is 14.3 Å². The zero-order valence-corrected chi connectivity index (χ0v) is 14.5. The van der Waals surface area contributed by atoms with Crippen LogP contribution < -0.4 is 9.47 Å². The molecule has 0 radical (unpaired) electrons. The number of fused-ring (bicyclic) bond motifs is 1. The fourth-order valence-corrected chi connectivity index (χ4v) is 3.04. The van der Waals surface area contributed by atoms with E-state index in [-0.39, 0.29) is 11.9 Å². The van der Waals surface area contributed by atoms with Crippen LogP contribution >= 0.6 is 22.6 Å². The van der Waals surface area contributed by atoms with Crippen molar-refractivity contribution in [2.45, 2.75) is 26.1 Å². The van der Waals surface area contributed by atoms with E-state index in [0.29, 0.717) is 24.3 Å². The van der Waals surface area contributed by atoms with Gasteiger partial charge in [-0.05, 0) is 24.6 Å².